The molecule has 10 nitrogen and oxygen atoms in total. The number of nitrogens with one attached hydrogen (secondary N) is 3. The highest BCUT2D eigenvalue weighted by Crippen LogP contribution is 2.44. The topological polar surface area (TPSA) is 143 Å². The summed E-state index contributed by atoms with van der Waals surface area (Å²) in [6.45, 7) is 7.36. The lowest BCUT2D eigenvalue weighted by molar-refractivity contribution is -0.148. The van der Waals surface area contributed by atoms with Crippen LogP contribution >= 0.6 is 0 Å². The van der Waals surface area contributed by atoms with Crippen LogP contribution in [0.15, 0.2) is 104 Å². The Morgan fingerprint density at radius 3 is 2.09 bits per heavy atom. The number of carbonyl (C=O) groups is 4. The summed E-state index contributed by atoms with van der Waals surface area (Å²) in [5.41, 5.74) is 5.39. The highest BCUT2D eigenvalue weighted by molar-refractivity contribution is 5.86. The van der Waals surface area contributed by atoms with E-state index in [1.54, 1.807) is 12.2 Å². The molecule has 1 fully saturated rings. The third-order valence-electron chi connectivity index (χ3n) is 10.9. The van der Waals surface area contributed by atoms with E-state index < -0.39 is 36.1 Å². The number of ether oxygens (including phenoxy) is 2. The molecular formula is C46H57N3O7. The van der Waals surface area contributed by atoms with E-state index in [0.29, 0.717) is 25.2 Å². The van der Waals surface area contributed by atoms with Gasteiger partial charge in [0.25, 0.3) is 0 Å². The molecule has 56 heavy (non-hydrogen) atoms. The molecule has 0 bridgehead atoms. The van der Waals surface area contributed by atoms with Crippen molar-refractivity contribution in [2.45, 2.75) is 94.7 Å². The molecule has 0 aliphatic heterocycles. The number of benzene rings is 3. The Hall–Kier alpha value is -5.22. The molecule has 0 saturated heterocycles. The molecule has 0 heterocycles. The number of amides is 3. The van der Waals surface area contributed by atoms with Crippen molar-refractivity contribution in [3.63, 3.8) is 0 Å². The van der Waals surface area contributed by atoms with E-state index >= 15 is 0 Å². The molecule has 0 aromatic heterocycles. The van der Waals surface area contributed by atoms with E-state index in [1.165, 1.54) is 6.42 Å². The molecule has 4 atom stereocenters. The number of alkyl carbamates (subject to hydrolysis) is 1. The normalized spacial score (nSPS) is 15.9. The average Bonchev–Trinajstić information content (AvgIpc) is 3.54. The molecule has 298 valence electrons. The summed E-state index contributed by atoms with van der Waals surface area (Å²) < 4.78 is 11.6. The van der Waals surface area contributed by atoms with Gasteiger partial charge in [-0.25, -0.2) is 9.59 Å². The van der Waals surface area contributed by atoms with Crippen LogP contribution in [0.4, 0.5) is 4.79 Å². The monoisotopic (exact) mass is 763 g/mol. The maximum absolute atomic E-state index is 13.8. The first-order valence-electron chi connectivity index (χ1n) is 20.0. The van der Waals surface area contributed by atoms with Gasteiger partial charge in [0.15, 0.2) is 0 Å². The summed E-state index contributed by atoms with van der Waals surface area (Å²) in [7, 11) is 0. The summed E-state index contributed by atoms with van der Waals surface area (Å²) in [5.74, 6) is -1.78. The van der Waals surface area contributed by atoms with Crippen molar-refractivity contribution in [3.05, 3.63) is 121 Å². The van der Waals surface area contributed by atoms with Crippen LogP contribution in [0, 0.1) is 11.8 Å². The van der Waals surface area contributed by atoms with Gasteiger partial charge < -0.3 is 30.5 Å². The molecule has 2 aliphatic carbocycles. The molecule has 0 unspecified atom stereocenters. The van der Waals surface area contributed by atoms with E-state index in [2.05, 4.69) is 41.2 Å². The van der Waals surface area contributed by atoms with Crippen LogP contribution < -0.4 is 16.0 Å². The van der Waals surface area contributed by atoms with Crippen LogP contribution in [-0.2, 0) is 30.3 Å². The number of allylic oxidation sites excluding steroid dienone is 2. The molecule has 2 aliphatic rings. The second kappa shape index (κ2) is 21.8. The smallest absolute Gasteiger partial charge is 0.407 e. The Labute approximate surface area is 331 Å². The lowest BCUT2D eigenvalue weighted by Crippen LogP contribution is -2.47. The van der Waals surface area contributed by atoms with Gasteiger partial charge in [-0.1, -0.05) is 123 Å². The Bertz CT molecular complexity index is 1730. The fourth-order valence-corrected chi connectivity index (χ4v) is 7.97. The van der Waals surface area contributed by atoms with Crippen molar-refractivity contribution in [3.8, 4) is 11.1 Å². The summed E-state index contributed by atoms with van der Waals surface area (Å²) in [6.07, 6.45) is 9.97. The minimum atomic E-state index is -0.984. The maximum atomic E-state index is 13.8. The van der Waals surface area contributed by atoms with Crippen molar-refractivity contribution >= 4 is 23.9 Å². The summed E-state index contributed by atoms with van der Waals surface area (Å²) >= 11 is 0. The van der Waals surface area contributed by atoms with E-state index in [4.69, 9.17) is 9.47 Å². The fraction of sp³-hybridized carbons (Fsp3) is 0.435. The van der Waals surface area contributed by atoms with E-state index in [1.807, 2.05) is 66.7 Å². The third kappa shape index (κ3) is 12.1. The number of carbonyl (C=O) groups excluding carboxylic acids is 4. The van der Waals surface area contributed by atoms with Gasteiger partial charge in [-0.2, -0.15) is 0 Å². The molecule has 10 heteroatoms. The lowest BCUT2D eigenvalue weighted by atomic mass is 9.84. The van der Waals surface area contributed by atoms with Gasteiger partial charge in [0.05, 0.1) is 24.6 Å². The van der Waals surface area contributed by atoms with Gasteiger partial charge in [-0.15, -0.1) is 13.2 Å². The number of aliphatic hydroxyl groups excluding tert-OH is 1. The van der Waals surface area contributed by atoms with E-state index in [-0.39, 0.29) is 56.8 Å². The van der Waals surface area contributed by atoms with Crippen molar-refractivity contribution in [1.29, 1.82) is 0 Å². The minimum absolute atomic E-state index is 0.0886. The van der Waals surface area contributed by atoms with Crippen LogP contribution in [0.2, 0.25) is 0 Å². The molecule has 5 rings (SSSR count). The quantitative estimate of drug-likeness (QED) is 0.0666. The number of hydrogen-bond acceptors (Lipinski definition) is 7. The number of rotatable bonds is 21. The molecule has 0 radical (unpaired) electrons. The Morgan fingerprint density at radius 2 is 1.45 bits per heavy atom. The first-order chi connectivity index (χ1) is 27.3. The zero-order valence-electron chi connectivity index (χ0n) is 32.3. The van der Waals surface area contributed by atoms with Crippen molar-refractivity contribution in [2.24, 2.45) is 11.8 Å². The molecular weight excluding hydrogens is 707 g/mol. The summed E-state index contributed by atoms with van der Waals surface area (Å²) in [6, 6.07) is 23.8. The minimum Gasteiger partial charge on any atom is -0.462 e. The third-order valence-corrected chi connectivity index (χ3v) is 10.9. The van der Waals surface area contributed by atoms with Crippen molar-refractivity contribution in [2.75, 3.05) is 19.8 Å². The maximum Gasteiger partial charge on any atom is 0.407 e. The second-order valence-electron chi connectivity index (χ2n) is 15.0. The SMILES string of the molecule is C=CCC[C@H](NC(=O)OCC1c2ccccc2-c2ccccc21)C(=O)OC[C@H](CC1CCCCC1)NC(=O)[C@H](CC=C)CC(=O)N[C@@H](CO)Cc1ccccc1. The van der Waals surface area contributed by atoms with Gasteiger partial charge in [-0.05, 0) is 65.8 Å². The van der Waals surface area contributed by atoms with E-state index in [9.17, 15) is 24.3 Å². The standard InChI is InChI=1S/C46H57N3O7/c1-3-5-25-42(49-46(54)56-31-41-39-23-14-12-21-37(39)38-22-13-15-24-40(38)41)45(53)55-30-36(27-33-19-10-7-11-20-33)48-44(52)34(16-4-2)28-43(51)47-35(29-50)26-32-17-8-6-9-18-32/h3-4,6,8-9,12-15,17-18,21-24,33-36,41-42,50H,1-2,5,7,10-11,16,19-20,25-31H2,(H,47,51)(H,48,52)(H,49,54)/t34-,35-,36+,42+/m1/s1. The highest BCUT2D eigenvalue weighted by atomic mass is 16.6. The van der Waals surface area contributed by atoms with Gasteiger partial charge >= 0.3 is 12.1 Å². The fourth-order valence-electron chi connectivity index (χ4n) is 7.97. The molecule has 4 N–H and O–H groups in total. The molecule has 1 saturated carbocycles. The lowest BCUT2D eigenvalue weighted by Gasteiger charge is -2.29. The molecule has 0 spiro atoms. The molecule has 3 aromatic carbocycles. The first-order valence-corrected chi connectivity index (χ1v) is 20.0. The summed E-state index contributed by atoms with van der Waals surface area (Å²) in [4.78, 5) is 53.6. The van der Waals surface area contributed by atoms with Crippen LogP contribution in [0.3, 0.4) is 0 Å². The van der Waals surface area contributed by atoms with Gasteiger partial charge in [0.2, 0.25) is 11.8 Å². The number of esters is 1. The second-order valence-corrected chi connectivity index (χ2v) is 15.0. The first kappa shape index (κ1) is 41.9. The van der Waals surface area contributed by atoms with Gasteiger partial charge in [0.1, 0.15) is 19.3 Å². The van der Waals surface area contributed by atoms with Gasteiger partial charge in [0, 0.05) is 12.3 Å². The van der Waals surface area contributed by atoms with Crippen LogP contribution in [0.5, 0.6) is 0 Å². The van der Waals surface area contributed by atoms with Crippen molar-refractivity contribution in [1.82, 2.24) is 16.0 Å². The predicted octanol–water partition coefficient (Wildman–Crippen LogP) is 7.16. The molecule has 3 amide bonds. The number of hydrogen-bond donors (Lipinski definition) is 4. The van der Waals surface area contributed by atoms with Crippen LogP contribution in [0.25, 0.3) is 11.1 Å². The van der Waals surface area contributed by atoms with Crippen LogP contribution in [-0.4, -0.2) is 66.9 Å². The van der Waals surface area contributed by atoms with Crippen molar-refractivity contribution < 1.29 is 33.8 Å². The highest BCUT2D eigenvalue weighted by Gasteiger charge is 2.31. The zero-order valence-corrected chi connectivity index (χ0v) is 32.3. The predicted molar refractivity (Wildman–Crippen MR) is 218 cm³/mol. The Kier molecular flexibility index (Phi) is 16.3. The Morgan fingerprint density at radius 1 is 0.786 bits per heavy atom. The van der Waals surface area contributed by atoms with Gasteiger partial charge in [-0.3, -0.25) is 9.59 Å². The number of aliphatic hydroxyl groups is 1. The molecule has 3 aromatic rings. The Balaban J connectivity index is 1.19. The van der Waals surface area contributed by atoms with E-state index in [0.717, 1.165) is 53.5 Å². The number of fused-ring (bicyclic) bond motifs is 3. The zero-order chi connectivity index (χ0) is 39.7. The average molecular weight is 764 g/mol. The largest absolute Gasteiger partial charge is 0.462 e. The summed E-state index contributed by atoms with van der Waals surface area (Å²) in [5, 5.41) is 18.6. The van der Waals surface area contributed by atoms with Crippen LogP contribution in [0.1, 0.15) is 86.8 Å².